The molecule has 0 N–H and O–H groups in total. The Labute approximate surface area is 126 Å². The molecule has 2 nitrogen and oxygen atoms in total. The Morgan fingerprint density at radius 2 is 1.74 bits per heavy atom. The monoisotopic (exact) mass is 340 g/mol. The first kappa shape index (κ1) is 14.4. The van der Waals surface area contributed by atoms with E-state index >= 15 is 0 Å². The molecule has 1 atom stereocenters. The lowest BCUT2D eigenvalue weighted by Gasteiger charge is -2.14. The number of ether oxygens (including phenoxy) is 2. The SMILES string of the molecule is COc1ccc(C(Br)c2cc(C)sc2C)cc1OC. The first-order chi connectivity index (χ1) is 9.06. The molecule has 2 aromatic rings. The fraction of sp³-hybridized carbons (Fsp3) is 0.333. The van der Waals surface area contributed by atoms with Gasteiger partial charge in [-0.1, -0.05) is 22.0 Å². The van der Waals surface area contributed by atoms with Gasteiger partial charge in [-0.15, -0.1) is 11.3 Å². The summed E-state index contributed by atoms with van der Waals surface area (Å²) in [4.78, 5) is 2.85. The van der Waals surface area contributed by atoms with E-state index in [4.69, 9.17) is 9.47 Å². The smallest absolute Gasteiger partial charge is 0.161 e. The number of methoxy groups -OCH3 is 2. The lowest BCUT2D eigenvalue weighted by molar-refractivity contribution is 0.354. The predicted octanol–water partition coefficient (Wildman–Crippen LogP) is 4.87. The van der Waals surface area contributed by atoms with Gasteiger partial charge in [-0.2, -0.15) is 0 Å². The maximum Gasteiger partial charge on any atom is 0.161 e. The highest BCUT2D eigenvalue weighted by Gasteiger charge is 2.17. The summed E-state index contributed by atoms with van der Waals surface area (Å²) < 4.78 is 10.6. The average Bonchev–Trinajstić information content (AvgIpc) is 2.76. The van der Waals surface area contributed by atoms with Crippen LogP contribution in [0.4, 0.5) is 0 Å². The summed E-state index contributed by atoms with van der Waals surface area (Å²) >= 11 is 5.60. The number of alkyl halides is 1. The standard InChI is InChI=1S/C15H17BrO2S/c1-9-7-12(10(2)19-9)15(16)11-5-6-13(17-3)14(8-11)18-4/h5-8,15H,1-4H3. The second-order valence-electron chi connectivity index (χ2n) is 4.35. The first-order valence-corrected chi connectivity index (χ1v) is 7.73. The Hall–Kier alpha value is -1.00. The highest BCUT2D eigenvalue weighted by atomic mass is 79.9. The zero-order valence-electron chi connectivity index (χ0n) is 11.5. The van der Waals surface area contributed by atoms with Crippen molar-refractivity contribution < 1.29 is 9.47 Å². The summed E-state index contributed by atoms with van der Waals surface area (Å²) in [6.07, 6.45) is 0. The topological polar surface area (TPSA) is 18.5 Å². The molecule has 2 rings (SSSR count). The third-order valence-electron chi connectivity index (χ3n) is 3.05. The highest BCUT2D eigenvalue weighted by Crippen LogP contribution is 2.39. The van der Waals surface area contributed by atoms with Crippen molar-refractivity contribution in [2.45, 2.75) is 18.7 Å². The molecule has 19 heavy (non-hydrogen) atoms. The molecular weight excluding hydrogens is 324 g/mol. The quantitative estimate of drug-likeness (QED) is 0.739. The van der Waals surface area contributed by atoms with Crippen LogP contribution in [-0.2, 0) is 0 Å². The Bertz CT molecular complexity index is 578. The van der Waals surface area contributed by atoms with Crippen molar-refractivity contribution in [2.75, 3.05) is 14.2 Å². The van der Waals surface area contributed by atoms with Crippen LogP contribution in [0.3, 0.4) is 0 Å². The summed E-state index contributed by atoms with van der Waals surface area (Å²) in [6, 6.07) is 8.25. The van der Waals surface area contributed by atoms with Gasteiger partial charge in [0.25, 0.3) is 0 Å². The summed E-state index contributed by atoms with van der Waals surface area (Å²) in [6.45, 7) is 4.29. The normalized spacial score (nSPS) is 12.3. The van der Waals surface area contributed by atoms with E-state index in [1.807, 2.05) is 23.5 Å². The Morgan fingerprint density at radius 1 is 1.05 bits per heavy atom. The molecule has 102 valence electrons. The highest BCUT2D eigenvalue weighted by molar-refractivity contribution is 9.09. The first-order valence-electron chi connectivity index (χ1n) is 5.99. The minimum atomic E-state index is 0.178. The molecule has 4 heteroatoms. The number of hydrogen-bond donors (Lipinski definition) is 0. The van der Waals surface area contributed by atoms with E-state index in [1.165, 1.54) is 20.9 Å². The molecule has 0 fully saturated rings. The minimum absolute atomic E-state index is 0.178. The van der Waals surface area contributed by atoms with Crippen molar-refractivity contribution in [1.82, 2.24) is 0 Å². The third-order valence-corrected chi connectivity index (χ3v) is 5.06. The van der Waals surface area contributed by atoms with Crippen LogP contribution in [0.15, 0.2) is 24.3 Å². The number of benzene rings is 1. The molecule has 0 saturated heterocycles. The van der Waals surface area contributed by atoms with Gasteiger partial charge in [0.1, 0.15) is 0 Å². The van der Waals surface area contributed by atoms with Crippen molar-refractivity contribution >= 4 is 27.3 Å². The second kappa shape index (κ2) is 5.97. The van der Waals surface area contributed by atoms with Crippen molar-refractivity contribution in [2.24, 2.45) is 0 Å². The van der Waals surface area contributed by atoms with Gasteiger partial charge in [-0.05, 0) is 43.2 Å². The molecular formula is C15H17BrO2S. The lowest BCUT2D eigenvalue weighted by atomic mass is 10.0. The zero-order valence-corrected chi connectivity index (χ0v) is 13.9. The molecule has 1 aromatic carbocycles. The van der Waals surface area contributed by atoms with E-state index in [9.17, 15) is 0 Å². The number of thiophene rings is 1. The van der Waals surface area contributed by atoms with Crippen LogP contribution in [-0.4, -0.2) is 14.2 Å². The van der Waals surface area contributed by atoms with Crippen LogP contribution in [0.1, 0.15) is 25.7 Å². The molecule has 0 spiro atoms. The van der Waals surface area contributed by atoms with Crippen LogP contribution in [0.2, 0.25) is 0 Å². The fourth-order valence-electron chi connectivity index (χ4n) is 2.09. The maximum atomic E-state index is 5.36. The molecule has 1 heterocycles. The van der Waals surface area contributed by atoms with E-state index in [0.717, 1.165) is 11.5 Å². The van der Waals surface area contributed by atoms with Gasteiger partial charge in [-0.25, -0.2) is 0 Å². The molecule has 0 aliphatic heterocycles. The molecule has 1 aromatic heterocycles. The van der Waals surface area contributed by atoms with Crippen LogP contribution in [0, 0.1) is 13.8 Å². The molecule has 0 radical (unpaired) electrons. The van der Waals surface area contributed by atoms with Crippen LogP contribution in [0.5, 0.6) is 11.5 Å². The van der Waals surface area contributed by atoms with E-state index in [-0.39, 0.29) is 4.83 Å². The van der Waals surface area contributed by atoms with Gasteiger partial charge < -0.3 is 9.47 Å². The average molecular weight is 341 g/mol. The van der Waals surface area contributed by atoms with Crippen LogP contribution < -0.4 is 9.47 Å². The predicted molar refractivity (Wildman–Crippen MR) is 84.1 cm³/mol. The summed E-state index contributed by atoms with van der Waals surface area (Å²) in [7, 11) is 3.31. The van der Waals surface area contributed by atoms with Gasteiger partial charge in [0, 0.05) is 9.75 Å². The molecule has 0 aliphatic rings. The fourth-order valence-corrected chi connectivity index (χ4v) is 3.97. The van der Waals surface area contributed by atoms with Gasteiger partial charge >= 0.3 is 0 Å². The number of halogens is 1. The number of rotatable bonds is 4. The van der Waals surface area contributed by atoms with Gasteiger partial charge in [0.15, 0.2) is 11.5 Å². The zero-order chi connectivity index (χ0) is 14.0. The second-order valence-corrected chi connectivity index (χ2v) is 6.72. The Kier molecular flexibility index (Phi) is 4.53. The summed E-state index contributed by atoms with van der Waals surface area (Å²) in [5.74, 6) is 1.51. The Morgan fingerprint density at radius 3 is 2.26 bits per heavy atom. The molecule has 1 unspecified atom stereocenters. The minimum Gasteiger partial charge on any atom is -0.493 e. The molecule has 0 bridgehead atoms. The van der Waals surface area contributed by atoms with Crippen molar-refractivity contribution in [3.05, 3.63) is 45.1 Å². The molecule has 0 saturated carbocycles. The number of hydrogen-bond acceptors (Lipinski definition) is 3. The van der Waals surface area contributed by atoms with E-state index in [0.29, 0.717) is 0 Å². The Balaban J connectivity index is 2.39. The molecule has 0 amide bonds. The van der Waals surface area contributed by atoms with Crippen LogP contribution >= 0.6 is 27.3 Å². The molecule has 0 aliphatic carbocycles. The third kappa shape index (κ3) is 2.95. The van der Waals surface area contributed by atoms with Gasteiger partial charge in [0.05, 0.1) is 19.0 Å². The van der Waals surface area contributed by atoms with Crippen LogP contribution in [0.25, 0.3) is 0 Å². The largest absolute Gasteiger partial charge is 0.493 e. The summed E-state index contributed by atoms with van der Waals surface area (Å²) in [5.41, 5.74) is 2.48. The van der Waals surface area contributed by atoms with Crippen molar-refractivity contribution in [3.8, 4) is 11.5 Å². The summed E-state index contributed by atoms with van der Waals surface area (Å²) in [5, 5.41) is 0. The number of aryl methyl sites for hydroxylation is 2. The van der Waals surface area contributed by atoms with Gasteiger partial charge in [0.2, 0.25) is 0 Å². The van der Waals surface area contributed by atoms with E-state index in [2.05, 4.69) is 41.9 Å². The van der Waals surface area contributed by atoms with E-state index in [1.54, 1.807) is 14.2 Å². The van der Waals surface area contributed by atoms with Crippen molar-refractivity contribution in [3.63, 3.8) is 0 Å². The van der Waals surface area contributed by atoms with E-state index < -0.39 is 0 Å². The van der Waals surface area contributed by atoms with Gasteiger partial charge in [-0.3, -0.25) is 0 Å². The lowest BCUT2D eigenvalue weighted by Crippen LogP contribution is -1.96. The maximum absolute atomic E-state index is 5.36. The van der Waals surface area contributed by atoms with Crippen molar-refractivity contribution in [1.29, 1.82) is 0 Å².